The third kappa shape index (κ3) is 4.18. The van der Waals surface area contributed by atoms with Crippen LogP contribution in [0, 0.1) is 5.92 Å². The van der Waals surface area contributed by atoms with Crippen LogP contribution in [0.25, 0.3) is 10.6 Å². The van der Waals surface area contributed by atoms with Gasteiger partial charge in [0, 0.05) is 32.1 Å². The van der Waals surface area contributed by atoms with Crippen LogP contribution < -0.4 is 9.64 Å². The summed E-state index contributed by atoms with van der Waals surface area (Å²) in [7, 11) is 3.31. The molecule has 1 aromatic heterocycles. The number of carbonyl (C=O) groups excluding carboxylic acids is 2. The number of anilines is 1. The Morgan fingerprint density at radius 3 is 2.60 bits per heavy atom. The van der Waals surface area contributed by atoms with E-state index in [4.69, 9.17) is 4.74 Å². The van der Waals surface area contributed by atoms with E-state index in [1.54, 1.807) is 19.1 Å². The van der Waals surface area contributed by atoms with Crippen molar-refractivity contribution < 1.29 is 14.3 Å². The predicted molar refractivity (Wildman–Crippen MR) is 115 cm³/mol. The van der Waals surface area contributed by atoms with Gasteiger partial charge in [0.2, 0.25) is 16.9 Å². The molecule has 0 spiro atoms. The molecule has 1 atom stereocenters. The fraction of sp³-hybridized carbons (Fsp3) is 0.273. The van der Waals surface area contributed by atoms with Crippen LogP contribution in [0.3, 0.4) is 0 Å². The van der Waals surface area contributed by atoms with E-state index >= 15 is 0 Å². The molecular formula is C22H22N4O3S. The summed E-state index contributed by atoms with van der Waals surface area (Å²) in [6.45, 7) is 0.881. The molecule has 2 aromatic carbocycles. The molecule has 8 heteroatoms. The van der Waals surface area contributed by atoms with Gasteiger partial charge in [-0.3, -0.25) is 14.5 Å². The average Bonchev–Trinajstić information content (AvgIpc) is 3.41. The maximum Gasteiger partial charge on any atom is 0.233 e. The van der Waals surface area contributed by atoms with Gasteiger partial charge in [0.1, 0.15) is 10.8 Å². The first-order valence-electron chi connectivity index (χ1n) is 9.62. The van der Waals surface area contributed by atoms with Gasteiger partial charge in [-0.05, 0) is 17.7 Å². The van der Waals surface area contributed by atoms with E-state index in [0.29, 0.717) is 18.2 Å². The van der Waals surface area contributed by atoms with Crippen molar-refractivity contribution in [3.05, 3.63) is 60.2 Å². The third-order valence-corrected chi connectivity index (χ3v) is 6.20. The molecule has 30 heavy (non-hydrogen) atoms. The van der Waals surface area contributed by atoms with Crippen LogP contribution in [0.15, 0.2) is 54.6 Å². The molecule has 1 aliphatic rings. The number of rotatable bonds is 6. The lowest BCUT2D eigenvalue weighted by atomic mass is 10.1. The van der Waals surface area contributed by atoms with E-state index in [9.17, 15) is 9.59 Å². The van der Waals surface area contributed by atoms with Gasteiger partial charge in [-0.25, -0.2) is 0 Å². The van der Waals surface area contributed by atoms with Crippen molar-refractivity contribution in [2.75, 3.05) is 25.6 Å². The van der Waals surface area contributed by atoms with Crippen LogP contribution in [-0.2, 0) is 16.1 Å². The number of hydrogen-bond acceptors (Lipinski definition) is 6. The lowest BCUT2D eigenvalue weighted by Gasteiger charge is -2.19. The van der Waals surface area contributed by atoms with Crippen molar-refractivity contribution in [1.29, 1.82) is 0 Å². The van der Waals surface area contributed by atoms with Crippen molar-refractivity contribution in [1.82, 2.24) is 15.1 Å². The summed E-state index contributed by atoms with van der Waals surface area (Å²) in [5.41, 5.74) is 1.96. The average molecular weight is 423 g/mol. The molecule has 1 aliphatic heterocycles. The molecule has 2 heterocycles. The highest BCUT2D eigenvalue weighted by Crippen LogP contribution is 2.30. The van der Waals surface area contributed by atoms with Crippen LogP contribution in [0.2, 0.25) is 0 Å². The Bertz CT molecular complexity index is 1040. The number of methoxy groups -OCH3 is 1. The van der Waals surface area contributed by atoms with Crippen molar-refractivity contribution >= 4 is 28.3 Å². The number of benzene rings is 2. The lowest BCUT2D eigenvalue weighted by Crippen LogP contribution is -2.34. The second kappa shape index (κ2) is 8.62. The quantitative estimate of drug-likeness (QED) is 0.610. The molecule has 154 valence electrons. The number of likely N-dealkylation sites (tertiary alicyclic amines) is 1. The highest BCUT2D eigenvalue weighted by Gasteiger charge is 2.36. The largest absolute Gasteiger partial charge is 0.497 e. The molecule has 4 rings (SSSR count). The summed E-state index contributed by atoms with van der Waals surface area (Å²) < 4.78 is 5.17. The minimum atomic E-state index is -0.384. The van der Waals surface area contributed by atoms with Gasteiger partial charge >= 0.3 is 0 Å². The summed E-state index contributed by atoms with van der Waals surface area (Å²) in [6, 6.07) is 17.3. The number of ether oxygens (including phenoxy) is 1. The maximum atomic E-state index is 13.0. The first kappa shape index (κ1) is 20.0. The van der Waals surface area contributed by atoms with Crippen molar-refractivity contribution in [3.63, 3.8) is 0 Å². The van der Waals surface area contributed by atoms with Gasteiger partial charge in [-0.1, -0.05) is 53.8 Å². The van der Waals surface area contributed by atoms with E-state index in [1.165, 1.54) is 16.2 Å². The Hall–Kier alpha value is -3.26. The van der Waals surface area contributed by atoms with E-state index in [-0.39, 0.29) is 24.2 Å². The molecule has 0 radical (unpaired) electrons. The summed E-state index contributed by atoms with van der Waals surface area (Å²) in [6.07, 6.45) is 0.212. The van der Waals surface area contributed by atoms with E-state index in [0.717, 1.165) is 21.9 Å². The monoisotopic (exact) mass is 422 g/mol. The first-order chi connectivity index (χ1) is 14.5. The Morgan fingerprint density at radius 1 is 1.17 bits per heavy atom. The molecule has 0 N–H and O–H groups in total. The van der Waals surface area contributed by atoms with Crippen molar-refractivity contribution in [2.24, 2.45) is 5.92 Å². The zero-order valence-corrected chi connectivity index (χ0v) is 17.6. The number of amides is 2. The van der Waals surface area contributed by atoms with Gasteiger partial charge in [-0.2, -0.15) is 0 Å². The zero-order valence-electron chi connectivity index (χ0n) is 16.8. The second-order valence-electron chi connectivity index (χ2n) is 7.18. The summed E-state index contributed by atoms with van der Waals surface area (Å²) in [5.74, 6) is 0.258. The summed E-state index contributed by atoms with van der Waals surface area (Å²) in [5, 5.41) is 9.66. The Kier molecular flexibility index (Phi) is 5.76. The lowest BCUT2D eigenvalue weighted by molar-refractivity contribution is -0.128. The Morgan fingerprint density at radius 2 is 1.90 bits per heavy atom. The summed E-state index contributed by atoms with van der Waals surface area (Å²) >= 11 is 1.36. The molecule has 7 nitrogen and oxygen atoms in total. The summed E-state index contributed by atoms with van der Waals surface area (Å²) in [4.78, 5) is 28.7. The Labute approximate surface area is 178 Å². The molecular weight excluding hydrogens is 400 g/mol. The smallest absolute Gasteiger partial charge is 0.233 e. The molecule has 3 aromatic rings. The molecule has 0 saturated carbocycles. The minimum absolute atomic E-state index is 0.0141. The van der Waals surface area contributed by atoms with Gasteiger partial charge in [0.15, 0.2) is 0 Å². The molecule has 0 bridgehead atoms. The van der Waals surface area contributed by atoms with E-state index in [1.807, 2.05) is 54.6 Å². The highest BCUT2D eigenvalue weighted by atomic mass is 32.1. The third-order valence-electron chi connectivity index (χ3n) is 5.15. The first-order valence-corrected chi connectivity index (χ1v) is 10.4. The van der Waals surface area contributed by atoms with Crippen LogP contribution in [-0.4, -0.2) is 47.6 Å². The normalized spacial score (nSPS) is 16.0. The Balaban J connectivity index is 1.41. The fourth-order valence-corrected chi connectivity index (χ4v) is 4.28. The van der Waals surface area contributed by atoms with Gasteiger partial charge in [0.05, 0.1) is 13.0 Å². The molecule has 0 aliphatic carbocycles. The fourth-order valence-electron chi connectivity index (χ4n) is 3.46. The zero-order chi connectivity index (χ0) is 21.1. The predicted octanol–water partition coefficient (Wildman–Crippen LogP) is 3.23. The van der Waals surface area contributed by atoms with Crippen LogP contribution >= 0.6 is 11.3 Å². The van der Waals surface area contributed by atoms with Crippen molar-refractivity contribution in [2.45, 2.75) is 13.0 Å². The number of carbonyl (C=O) groups is 2. The van der Waals surface area contributed by atoms with Crippen LogP contribution in [0.1, 0.15) is 12.0 Å². The highest BCUT2D eigenvalue weighted by molar-refractivity contribution is 7.18. The van der Waals surface area contributed by atoms with Crippen molar-refractivity contribution in [3.8, 4) is 16.3 Å². The van der Waals surface area contributed by atoms with Crippen LogP contribution in [0.4, 0.5) is 5.13 Å². The molecule has 0 unspecified atom stereocenters. The standard InChI is InChI=1S/C22H22N4O3S/c1-25(22-24-23-20(30-22)16-6-4-3-5-7-16)21(28)17-12-19(27)26(14-17)13-15-8-10-18(29-2)11-9-15/h3-11,17H,12-14H2,1-2H3/t17-/m0/s1. The molecule has 2 amide bonds. The van der Waals surface area contributed by atoms with E-state index < -0.39 is 0 Å². The van der Waals surface area contributed by atoms with Gasteiger partial charge in [0.25, 0.3) is 0 Å². The number of nitrogens with zero attached hydrogens (tertiary/aromatic N) is 4. The topological polar surface area (TPSA) is 75.6 Å². The minimum Gasteiger partial charge on any atom is -0.497 e. The van der Waals surface area contributed by atoms with Gasteiger partial charge < -0.3 is 9.64 Å². The van der Waals surface area contributed by atoms with Gasteiger partial charge in [-0.15, -0.1) is 10.2 Å². The second-order valence-corrected chi connectivity index (χ2v) is 8.13. The number of hydrogen-bond donors (Lipinski definition) is 0. The maximum absolute atomic E-state index is 13.0. The molecule has 1 saturated heterocycles. The van der Waals surface area contributed by atoms with E-state index in [2.05, 4.69) is 10.2 Å². The SMILES string of the molecule is COc1ccc(CN2C[C@@H](C(=O)N(C)c3nnc(-c4ccccc4)s3)CC2=O)cc1. The van der Waals surface area contributed by atoms with Crippen LogP contribution in [0.5, 0.6) is 5.75 Å². The number of aromatic nitrogens is 2. The molecule has 1 fully saturated rings.